The Kier molecular flexibility index (Phi) is 9.92. The molecule has 1 aliphatic heterocycles. The molecule has 1 aliphatic rings. The molecule has 0 spiro atoms. The first-order chi connectivity index (χ1) is 17.1. The Bertz CT molecular complexity index is 1440. The minimum absolute atomic E-state index is 0.0320. The summed E-state index contributed by atoms with van der Waals surface area (Å²) in [5.74, 6) is 2.72. The minimum atomic E-state index is -5.71. The van der Waals surface area contributed by atoms with Gasteiger partial charge in [-0.15, -0.1) is 0 Å². The Morgan fingerprint density at radius 1 is 1.08 bits per heavy atom. The van der Waals surface area contributed by atoms with Gasteiger partial charge in [-0.1, -0.05) is 0 Å². The van der Waals surface area contributed by atoms with Gasteiger partial charge in [-0.2, -0.15) is 4.31 Å². The second-order valence-corrected chi connectivity index (χ2v) is 14.1. The Morgan fingerprint density at radius 3 is 2.41 bits per heavy atom. The van der Waals surface area contributed by atoms with E-state index in [1.165, 1.54) is 0 Å². The number of aromatic nitrogens is 2. The third kappa shape index (κ3) is 9.37. The summed E-state index contributed by atoms with van der Waals surface area (Å²) in [6, 6.07) is 9.38. The number of benzene rings is 1. The number of ether oxygens (including phenoxy) is 1. The molecule has 1 saturated heterocycles. The monoisotopic (exact) mass is 698 g/mol. The van der Waals surface area contributed by atoms with E-state index in [1.54, 1.807) is 0 Å². The van der Waals surface area contributed by atoms with Gasteiger partial charge in [0.1, 0.15) is 0 Å². The number of rotatable bonds is 9. The van der Waals surface area contributed by atoms with Crippen LogP contribution < -0.4 is 14.9 Å². The number of aliphatic hydroxyl groups excluding tert-OH is 1. The van der Waals surface area contributed by atoms with E-state index in [4.69, 9.17) is 14.5 Å². The fourth-order valence-corrected chi connectivity index (χ4v) is 7.59. The normalized spacial score (nSPS) is 23.0. The van der Waals surface area contributed by atoms with E-state index in [2.05, 4.69) is 28.0 Å². The van der Waals surface area contributed by atoms with Gasteiger partial charge in [-0.3, -0.25) is 0 Å². The van der Waals surface area contributed by atoms with E-state index in [0.717, 1.165) is 14.4 Å². The van der Waals surface area contributed by atoms with Crippen LogP contribution in [0.1, 0.15) is 18.2 Å². The van der Waals surface area contributed by atoms with E-state index >= 15 is 0 Å². The van der Waals surface area contributed by atoms with E-state index in [9.17, 15) is 38.2 Å². The first-order valence-electron chi connectivity index (χ1n) is 9.84. The summed E-state index contributed by atoms with van der Waals surface area (Å²) >= 11 is -0.926. The van der Waals surface area contributed by atoms with E-state index in [0.29, 0.717) is 0 Å². The predicted molar refractivity (Wildman–Crippen MR) is 124 cm³/mol. The van der Waals surface area contributed by atoms with Crippen molar-refractivity contribution in [2.45, 2.75) is 24.9 Å². The Hall–Kier alpha value is -1.42. The van der Waals surface area contributed by atoms with E-state index < -0.39 is 80.7 Å². The molecule has 20 heteroatoms. The molecule has 0 saturated carbocycles. The number of hydrogen-bond acceptors (Lipinski definition) is 10. The first kappa shape index (κ1) is 30.1. The third-order valence-corrected chi connectivity index (χ3v) is 10.2. The summed E-state index contributed by atoms with van der Waals surface area (Å²) in [5, 5.41) is 10.2. The number of aliphatic hydroxyl groups is 1. The second-order valence-electron chi connectivity index (χ2n) is 7.17. The van der Waals surface area contributed by atoms with Crippen molar-refractivity contribution in [3.63, 3.8) is 0 Å². The van der Waals surface area contributed by atoms with Gasteiger partial charge in [0.05, 0.1) is 0 Å². The van der Waals surface area contributed by atoms with Crippen molar-refractivity contribution in [3.05, 3.63) is 62.9 Å². The average Bonchev–Trinajstić information content (AvgIpc) is 3.12. The Morgan fingerprint density at radius 2 is 1.76 bits per heavy atom. The zero-order chi connectivity index (χ0) is 27.4. The molecular weight excluding hydrogens is 677 g/mol. The van der Waals surface area contributed by atoms with Gasteiger partial charge in [0.15, 0.2) is 0 Å². The molecule has 0 radical (unpaired) electrons. The summed E-state index contributed by atoms with van der Waals surface area (Å²) < 4.78 is 56.0. The average molecular weight is 696 g/mol. The van der Waals surface area contributed by atoms with Crippen molar-refractivity contribution in [1.82, 2.24) is 9.55 Å². The number of aromatic amines is 1. The number of phosphoric acid groups is 3. The number of nitrogens with zero attached hydrogens (tertiary/aromatic N) is 1. The maximum atomic E-state index is 12.3. The molecule has 5 atom stereocenters. The van der Waals surface area contributed by atoms with Crippen molar-refractivity contribution in [3.8, 4) is 9.89 Å². The summed E-state index contributed by atoms with van der Waals surface area (Å²) in [6.45, 7) is -0.908. The number of phosphoric ester groups is 1. The molecular formula is C17H19N2O14P3Te. The molecule has 3 unspecified atom stereocenters. The number of hydrogen-bond donors (Lipinski definition) is 6. The van der Waals surface area contributed by atoms with Crippen LogP contribution in [0.2, 0.25) is 0 Å². The molecule has 3 rings (SSSR count). The van der Waals surface area contributed by atoms with Gasteiger partial charge >= 0.3 is 190 Å². The first-order valence-corrected chi connectivity index (χ1v) is 16.7. The van der Waals surface area contributed by atoms with Crippen molar-refractivity contribution >= 4 is 48.0 Å². The van der Waals surface area contributed by atoms with Crippen molar-refractivity contribution in [2.24, 2.45) is 0 Å². The fraction of sp³-hybridized carbons (Fsp3) is 0.294. The molecule has 1 fully saturated rings. The van der Waals surface area contributed by atoms with Crippen LogP contribution in [0.15, 0.2) is 46.1 Å². The van der Waals surface area contributed by atoms with Crippen LogP contribution in [-0.2, 0) is 31.6 Å². The molecule has 16 nitrogen and oxygen atoms in total. The quantitative estimate of drug-likeness (QED) is 0.103. The zero-order valence-corrected chi connectivity index (χ0v) is 23.2. The second kappa shape index (κ2) is 12.2. The SMILES string of the molecule is O=c1[nH]c(=O)n([C@H]2CC(O)[C@@H](COP(=O)(O)OP(=O)(O)OP(=O)(O)O)O2)cc1C#C[Te]c1ccccc1. The molecule has 202 valence electrons. The molecule has 0 aliphatic carbocycles. The topological polar surface area (TPSA) is 244 Å². The van der Waals surface area contributed by atoms with Gasteiger partial charge in [0, 0.05) is 0 Å². The van der Waals surface area contributed by atoms with Gasteiger partial charge in [-0.25, -0.2) is 9.13 Å². The van der Waals surface area contributed by atoms with Gasteiger partial charge in [-0.05, 0) is 0 Å². The van der Waals surface area contributed by atoms with Gasteiger partial charge in [0.25, 0.3) is 0 Å². The molecule has 2 heterocycles. The van der Waals surface area contributed by atoms with E-state index in [1.807, 2.05) is 30.3 Å². The zero-order valence-electron chi connectivity index (χ0n) is 18.2. The molecule has 2 aromatic rings. The molecule has 37 heavy (non-hydrogen) atoms. The van der Waals surface area contributed by atoms with Crippen LogP contribution in [-0.4, -0.2) is 74.0 Å². The third-order valence-electron chi connectivity index (χ3n) is 4.40. The standard InChI is InChI=1S/C17H19N2O14P3Te/c20-13-8-15(31-14(13)10-30-35(26,27)33-36(28,29)32-34(23,24)25)19-9-11(16(21)18-17(19)22)6-7-37-12-4-2-1-3-5-12/h1-5,9,13-15,20H,8,10H2,(H,26,27)(H,28,29)(H,18,21,22)(H2,23,24,25)/t13?,14-,15-/m1/s1. The maximum absolute atomic E-state index is 12.3. The fourth-order valence-electron chi connectivity index (χ4n) is 2.92. The molecule has 1 aromatic heterocycles. The Balaban J connectivity index is 1.67. The summed E-state index contributed by atoms with van der Waals surface area (Å²) in [4.78, 5) is 62.4. The van der Waals surface area contributed by atoms with Crippen LogP contribution in [0, 0.1) is 9.89 Å². The number of nitrogens with one attached hydrogen (secondary N) is 1. The van der Waals surface area contributed by atoms with E-state index in [-0.39, 0.29) is 12.0 Å². The van der Waals surface area contributed by atoms with Crippen LogP contribution in [0.25, 0.3) is 0 Å². The number of H-pyrrole nitrogens is 1. The van der Waals surface area contributed by atoms with Crippen LogP contribution in [0.4, 0.5) is 0 Å². The van der Waals surface area contributed by atoms with Crippen molar-refractivity contribution in [2.75, 3.05) is 6.61 Å². The van der Waals surface area contributed by atoms with Gasteiger partial charge < -0.3 is 14.7 Å². The Labute approximate surface area is 217 Å². The van der Waals surface area contributed by atoms with Crippen LogP contribution >= 0.6 is 23.5 Å². The van der Waals surface area contributed by atoms with Crippen molar-refractivity contribution in [1.29, 1.82) is 0 Å². The van der Waals surface area contributed by atoms with Crippen LogP contribution in [0.5, 0.6) is 0 Å². The molecule has 1 aromatic carbocycles. The summed E-state index contributed by atoms with van der Waals surface area (Å²) in [6.07, 6.45) is -2.95. The predicted octanol–water partition coefficient (Wildman–Crippen LogP) is -1.13. The summed E-state index contributed by atoms with van der Waals surface area (Å²) in [7, 11) is -16.7. The molecule has 0 bridgehead atoms. The summed E-state index contributed by atoms with van der Waals surface area (Å²) in [5.41, 5.74) is -1.63. The molecule has 0 amide bonds. The van der Waals surface area contributed by atoms with Crippen molar-refractivity contribution < 1.29 is 56.3 Å². The van der Waals surface area contributed by atoms with Crippen LogP contribution in [0.3, 0.4) is 0 Å². The van der Waals surface area contributed by atoms with Gasteiger partial charge in [0.2, 0.25) is 0 Å². The molecule has 6 N–H and O–H groups in total.